The molecule has 20 heavy (non-hydrogen) atoms. The van der Waals surface area contributed by atoms with Crippen LogP contribution in [-0.4, -0.2) is 10.7 Å². The lowest BCUT2D eigenvalue weighted by molar-refractivity contribution is 0.547. The minimum atomic E-state index is -0.196. The molecule has 0 atom stereocenters. The Hall–Kier alpha value is -0.190. The summed E-state index contributed by atoms with van der Waals surface area (Å²) in [6, 6.07) is 15.0. The van der Waals surface area contributed by atoms with E-state index in [1.54, 1.807) is 0 Å². The first-order valence-corrected chi connectivity index (χ1v) is 9.26. The zero-order chi connectivity index (χ0) is 14.6. The fraction of sp³-hybridized carbons (Fsp3) is 0.250. The van der Waals surface area contributed by atoms with Crippen molar-refractivity contribution in [3.8, 4) is 0 Å². The van der Waals surface area contributed by atoms with Crippen LogP contribution in [0.1, 0.15) is 11.1 Å². The van der Waals surface area contributed by atoms with Crippen LogP contribution in [0.25, 0.3) is 0 Å². The van der Waals surface area contributed by atoms with E-state index in [4.69, 9.17) is 0 Å². The molecule has 2 aromatic carbocycles. The molecule has 0 amide bonds. The third-order valence-electron chi connectivity index (χ3n) is 3.41. The van der Waals surface area contributed by atoms with Crippen molar-refractivity contribution in [2.75, 3.05) is 10.7 Å². The van der Waals surface area contributed by atoms with Gasteiger partial charge in [0.2, 0.25) is 0 Å². The predicted octanol–water partition coefficient (Wildman–Crippen LogP) is 5.86. The van der Waals surface area contributed by atoms with Gasteiger partial charge in [-0.1, -0.05) is 78.1 Å². The third kappa shape index (κ3) is 3.52. The topological polar surface area (TPSA) is 0 Å². The van der Waals surface area contributed by atoms with E-state index in [1.165, 1.54) is 17.7 Å². The highest BCUT2D eigenvalue weighted by Gasteiger charge is 2.32. The molecule has 0 bridgehead atoms. The molecular weight excluding hydrogens is 451 g/mol. The lowest BCUT2D eigenvalue weighted by Gasteiger charge is -2.32. The highest BCUT2D eigenvalue weighted by molar-refractivity contribution is 9.10. The highest BCUT2D eigenvalue weighted by Crippen LogP contribution is 2.37. The maximum Gasteiger partial charge on any atom is 0.123 e. The summed E-state index contributed by atoms with van der Waals surface area (Å²) in [5.74, 6) is -0.196. The predicted molar refractivity (Wildman–Crippen MR) is 93.5 cm³/mol. The normalized spacial score (nSPS) is 11.6. The van der Waals surface area contributed by atoms with Crippen LogP contribution < -0.4 is 0 Å². The quantitative estimate of drug-likeness (QED) is 0.486. The molecule has 0 aliphatic carbocycles. The van der Waals surface area contributed by atoms with Crippen molar-refractivity contribution in [3.63, 3.8) is 0 Å². The summed E-state index contributed by atoms with van der Waals surface area (Å²) < 4.78 is 14.1. The first-order chi connectivity index (χ1) is 9.61. The maximum atomic E-state index is 13.0. The number of hydrogen-bond acceptors (Lipinski definition) is 0. The first-order valence-electron chi connectivity index (χ1n) is 6.23. The molecule has 2 rings (SSSR count). The maximum absolute atomic E-state index is 13.0. The monoisotopic (exact) mass is 462 g/mol. The van der Waals surface area contributed by atoms with Crippen LogP contribution in [-0.2, 0) is 11.8 Å². The SMILES string of the molecule is Fc1ccc(CC(CBr)(CBr)c2ccccc2Br)cc1. The van der Waals surface area contributed by atoms with Crippen LogP contribution in [0, 0.1) is 5.82 Å². The van der Waals surface area contributed by atoms with Crippen LogP contribution in [0.5, 0.6) is 0 Å². The Kier molecular flexibility index (Phi) is 5.82. The Morgan fingerprint density at radius 2 is 1.50 bits per heavy atom. The summed E-state index contributed by atoms with van der Waals surface area (Å²) in [4.78, 5) is 0. The Labute approximate surface area is 144 Å². The summed E-state index contributed by atoms with van der Waals surface area (Å²) in [5, 5.41) is 1.65. The summed E-state index contributed by atoms with van der Waals surface area (Å²) in [5.41, 5.74) is 2.30. The minimum Gasteiger partial charge on any atom is -0.207 e. The lowest BCUT2D eigenvalue weighted by atomic mass is 9.79. The zero-order valence-corrected chi connectivity index (χ0v) is 15.5. The van der Waals surface area contributed by atoms with Crippen molar-refractivity contribution in [2.45, 2.75) is 11.8 Å². The van der Waals surface area contributed by atoms with E-state index in [1.807, 2.05) is 24.3 Å². The van der Waals surface area contributed by atoms with Crippen molar-refractivity contribution in [3.05, 3.63) is 69.9 Å². The lowest BCUT2D eigenvalue weighted by Crippen LogP contribution is -2.33. The van der Waals surface area contributed by atoms with Crippen LogP contribution in [0.15, 0.2) is 53.0 Å². The molecule has 0 fully saturated rings. The molecular formula is C16H14Br3F. The van der Waals surface area contributed by atoms with E-state index >= 15 is 0 Å². The molecule has 0 heterocycles. The molecule has 0 unspecified atom stereocenters. The van der Waals surface area contributed by atoms with Crippen LogP contribution in [0.3, 0.4) is 0 Å². The van der Waals surface area contributed by atoms with Crippen molar-refractivity contribution in [2.24, 2.45) is 0 Å². The summed E-state index contributed by atoms with van der Waals surface area (Å²) in [7, 11) is 0. The molecule has 0 spiro atoms. The summed E-state index contributed by atoms with van der Waals surface area (Å²) in [6.07, 6.45) is 0.840. The van der Waals surface area contributed by atoms with Crippen LogP contribution >= 0.6 is 47.8 Å². The van der Waals surface area contributed by atoms with Crippen molar-refractivity contribution >= 4 is 47.8 Å². The van der Waals surface area contributed by atoms with E-state index in [0.29, 0.717) is 0 Å². The summed E-state index contributed by atoms with van der Waals surface area (Å²) >= 11 is 10.9. The standard InChI is InChI=1S/C16H14Br3F/c17-10-16(11-18,14-3-1-2-4-15(14)19)9-12-5-7-13(20)8-6-12/h1-8H,9-11H2. The fourth-order valence-electron chi connectivity index (χ4n) is 2.25. The Balaban J connectivity index is 2.39. The molecule has 0 aliphatic heterocycles. The molecule has 4 heteroatoms. The molecule has 0 nitrogen and oxygen atoms in total. The van der Waals surface area contributed by atoms with Gasteiger partial charge in [-0.2, -0.15) is 0 Å². The summed E-state index contributed by atoms with van der Waals surface area (Å²) in [6.45, 7) is 0. The molecule has 0 saturated heterocycles. The van der Waals surface area contributed by atoms with Crippen molar-refractivity contribution in [1.82, 2.24) is 0 Å². The molecule has 2 aromatic rings. The van der Waals surface area contributed by atoms with E-state index in [2.05, 4.69) is 59.9 Å². The number of halogens is 4. The second-order valence-electron chi connectivity index (χ2n) is 4.83. The van der Waals surface area contributed by atoms with Crippen molar-refractivity contribution < 1.29 is 4.39 Å². The minimum absolute atomic E-state index is 0.0715. The highest BCUT2D eigenvalue weighted by atomic mass is 79.9. The molecule has 0 N–H and O–H groups in total. The second kappa shape index (κ2) is 7.19. The van der Waals surface area contributed by atoms with Gasteiger partial charge in [-0.05, 0) is 35.7 Å². The Bertz CT molecular complexity index is 562. The van der Waals surface area contributed by atoms with Gasteiger partial charge in [0.1, 0.15) is 5.82 Å². The van der Waals surface area contributed by atoms with E-state index in [0.717, 1.165) is 27.1 Å². The van der Waals surface area contributed by atoms with Gasteiger partial charge >= 0.3 is 0 Å². The van der Waals surface area contributed by atoms with E-state index < -0.39 is 0 Å². The van der Waals surface area contributed by atoms with Gasteiger partial charge in [-0.25, -0.2) is 4.39 Å². The second-order valence-corrected chi connectivity index (χ2v) is 6.81. The number of alkyl halides is 2. The average Bonchev–Trinajstić information content (AvgIpc) is 2.48. The van der Waals surface area contributed by atoms with Gasteiger partial charge < -0.3 is 0 Å². The zero-order valence-electron chi connectivity index (χ0n) is 10.8. The van der Waals surface area contributed by atoms with Gasteiger partial charge in [0.15, 0.2) is 0 Å². The number of benzene rings is 2. The Morgan fingerprint density at radius 1 is 0.900 bits per heavy atom. The third-order valence-corrected chi connectivity index (χ3v) is 6.25. The molecule has 0 saturated carbocycles. The molecule has 0 aromatic heterocycles. The van der Waals surface area contributed by atoms with Crippen LogP contribution in [0.4, 0.5) is 4.39 Å². The first kappa shape index (κ1) is 16.2. The van der Waals surface area contributed by atoms with Crippen LogP contribution in [0.2, 0.25) is 0 Å². The fourth-order valence-corrected chi connectivity index (χ4v) is 4.89. The molecule has 0 aliphatic rings. The van der Waals surface area contributed by atoms with E-state index in [-0.39, 0.29) is 11.2 Å². The molecule has 106 valence electrons. The average molecular weight is 465 g/mol. The smallest absolute Gasteiger partial charge is 0.123 e. The molecule has 0 radical (unpaired) electrons. The Morgan fingerprint density at radius 3 is 2.05 bits per heavy atom. The van der Waals surface area contributed by atoms with Gasteiger partial charge in [-0.3, -0.25) is 0 Å². The largest absolute Gasteiger partial charge is 0.207 e. The number of rotatable bonds is 5. The number of hydrogen-bond donors (Lipinski definition) is 0. The van der Waals surface area contributed by atoms with Gasteiger partial charge in [-0.15, -0.1) is 0 Å². The van der Waals surface area contributed by atoms with Gasteiger partial charge in [0.05, 0.1) is 0 Å². The van der Waals surface area contributed by atoms with E-state index in [9.17, 15) is 4.39 Å². The van der Waals surface area contributed by atoms with Gasteiger partial charge in [0, 0.05) is 20.5 Å². The van der Waals surface area contributed by atoms with Crippen molar-refractivity contribution in [1.29, 1.82) is 0 Å². The van der Waals surface area contributed by atoms with Gasteiger partial charge in [0.25, 0.3) is 0 Å².